The maximum atomic E-state index is 12.3. The molecule has 0 fully saturated rings. The normalized spacial score (nSPS) is 10.8. The van der Waals surface area contributed by atoms with E-state index in [4.69, 9.17) is 16.0 Å². The Labute approximate surface area is 153 Å². The molecule has 0 spiro atoms. The van der Waals surface area contributed by atoms with Crippen LogP contribution in [0.4, 0.5) is 17.3 Å². The van der Waals surface area contributed by atoms with Crippen LogP contribution < -0.4 is 5.32 Å². The molecule has 1 N–H and O–H groups in total. The minimum absolute atomic E-state index is 0.252. The molecule has 0 saturated carbocycles. The third-order valence-corrected chi connectivity index (χ3v) is 3.69. The third-order valence-electron chi connectivity index (χ3n) is 3.36. The van der Waals surface area contributed by atoms with Gasteiger partial charge in [0.1, 0.15) is 4.92 Å². The van der Waals surface area contributed by atoms with Crippen molar-refractivity contribution in [1.29, 1.82) is 0 Å². The molecular formula is C18H12ClN3O4. The Kier molecular flexibility index (Phi) is 5.09. The van der Waals surface area contributed by atoms with E-state index in [9.17, 15) is 14.9 Å². The van der Waals surface area contributed by atoms with Crippen LogP contribution in [0.3, 0.4) is 0 Å². The number of furan rings is 1. The minimum Gasteiger partial charge on any atom is -0.400 e. The van der Waals surface area contributed by atoms with Crippen molar-refractivity contribution < 1.29 is 14.1 Å². The van der Waals surface area contributed by atoms with E-state index < -0.39 is 4.92 Å². The summed E-state index contributed by atoms with van der Waals surface area (Å²) in [5.74, 6) is -0.437. The molecule has 2 aromatic carbocycles. The Balaban J connectivity index is 1.73. The summed E-state index contributed by atoms with van der Waals surface area (Å²) in [6, 6.07) is 16.2. The Morgan fingerprint density at radius 1 is 1.15 bits per heavy atom. The van der Waals surface area contributed by atoms with Gasteiger partial charge in [0.15, 0.2) is 5.76 Å². The number of nitrogens with zero attached hydrogens (tertiary/aromatic N) is 2. The molecule has 1 amide bonds. The second kappa shape index (κ2) is 7.62. The number of hydrogen-bond acceptors (Lipinski definition) is 5. The van der Waals surface area contributed by atoms with Crippen molar-refractivity contribution in [1.82, 2.24) is 0 Å². The zero-order chi connectivity index (χ0) is 18.5. The largest absolute Gasteiger partial charge is 0.433 e. The van der Waals surface area contributed by atoms with Gasteiger partial charge in [-0.25, -0.2) is 0 Å². The molecule has 3 aromatic rings. The van der Waals surface area contributed by atoms with Crippen LogP contribution in [0.2, 0.25) is 5.02 Å². The van der Waals surface area contributed by atoms with Crippen molar-refractivity contribution in [2.45, 2.75) is 0 Å². The quantitative estimate of drug-likeness (QED) is 0.395. The van der Waals surface area contributed by atoms with Crippen molar-refractivity contribution in [2.75, 3.05) is 5.32 Å². The number of carbonyl (C=O) groups is 1. The van der Waals surface area contributed by atoms with Crippen molar-refractivity contribution in [3.05, 3.63) is 87.1 Å². The molecular weight excluding hydrogens is 358 g/mol. The topological polar surface area (TPSA) is 97.7 Å². The van der Waals surface area contributed by atoms with E-state index in [2.05, 4.69) is 10.3 Å². The molecule has 1 aromatic heterocycles. The summed E-state index contributed by atoms with van der Waals surface area (Å²) in [5.41, 5.74) is 1.45. The summed E-state index contributed by atoms with van der Waals surface area (Å²) >= 11 is 6.02. The van der Waals surface area contributed by atoms with Gasteiger partial charge in [0.25, 0.3) is 5.91 Å². The number of nitrogens with one attached hydrogen (secondary N) is 1. The highest BCUT2D eigenvalue weighted by Gasteiger charge is 2.11. The number of carbonyl (C=O) groups excluding carboxylic acids is 1. The Bertz CT molecular complexity index is 997. The Hall–Kier alpha value is -3.45. The van der Waals surface area contributed by atoms with Crippen molar-refractivity contribution in [2.24, 2.45) is 4.99 Å². The molecule has 0 aliphatic rings. The maximum Gasteiger partial charge on any atom is 0.433 e. The second-order valence-corrected chi connectivity index (χ2v) is 5.58. The average Bonchev–Trinajstić information content (AvgIpc) is 3.10. The molecule has 0 radical (unpaired) electrons. The van der Waals surface area contributed by atoms with Gasteiger partial charge in [-0.05, 0) is 36.4 Å². The van der Waals surface area contributed by atoms with Crippen LogP contribution in [0, 0.1) is 10.1 Å². The number of rotatable bonds is 5. The summed E-state index contributed by atoms with van der Waals surface area (Å²) in [5, 5.41) is 13.7. The Morgan fingerprint density at radius 2 is 1.96 bits per heavy atom. The maximum absolute atomic E-state index is 12.3. The van der Waals surface area contributed by atoms with Gasteiger partial charge in [-0.3, -0.25) is 19.9 Å². The van der Waals surface area contributed by atoms with Crippen molar-refractivity contribution in [3.8, 4) is 0 Å². The number of nitro groups is 1. The summed E-state index contributed by atoms with van der Waals surface area (Å²) in [7, 11) is 0. The average molecular weight is 370 g/mol. The molecule has 7 nitrogen and oxygen atoms in total. The number of anilines is 1. The molecule has 0 saturated heterocycles. The van der Waals surface area contributed by atoms with Crippen LogP contribution in [-0.4, -0.2) is 17.0 Å². The van der Waals surface area contributed by atoms with Gasteiger partial charge in [0.2, 0.25) is 0 Å². The first-order valence-electron chi connectivity index (χ1n) is 7.47. The van der Waals surface area contributed by atoms with Crippen LogP contribution in [-0.2, 0) is 0 Å². The molecule has 26 heavy (non-hydrogen) atoms. The standard InChI is InChI=1S/C18H12ClN3O4/c19-16-7-2-1-6-15(16)18(23)21-13-5-3-4-12(10-13)20-11-14-8-9-17(26-14)22(24)25/h1-11H,(H,21,23). The Morgan fingerprint density at radius 3 is 2.69 bits per heavy atom. The van der Waals surface area contributed by atoms with Crippen LogP contribution >= 0.6 is 11.6 Å². The molecule has 0 atom stereocenters. The molecule has 130 valence electrons. The summed E-state index contributed by atoms with van der Waals surface area (Å²) in [6.07, 6.45) is 1.36. The SMILES string of the molecule is O=C(Nc1cccc(N=Cc2ccc([N+](=O)[O-])o2)c1)c1ccccc1Cl. The monoisotopic (exact) mass is 369 g/mol. The highest BCUT2D eigenvalue weighted by molar-refractivity contribution is 6.34. The fraction of sp³-hybridized carbons (Fsp3) is 0. The first-order valence-corrected chi connectivity index (χ1v) is 7.85. The molecule has 0 aliphatic heterocycles. The van der Waals surface area contributed by atoms with Gasteiger partial charge >= 0.3 is 5.88 Å². The van der Waals surface area contributed by atoms with Crippen molar-refractivity contribution in [3.63, 3.8) is 0 Å². The van der Waals surface area contributed by atoms with E-state index in [-0.39, 0.29) is 17.6 Å². The third kappa shape index (κ3) is 4.14. The summed E-state index contributed by atoms with van der Waals surface area (Å²) in [6.45, 7) is 0. The predicted molar refractivity (Wildman–Crippen MR) is 98.5 cm³/mol. The van der Waals surface area contributed by atoms with E-state index >= 15 is 0 Å². The number of benzene rings is 2. The highest BCUT2D eigenvalue weighted by Crippen LogP contribution is 2.21. The van der Waals surface area contributed by atoms with Crippen molar-refractivity contribution >= 4 is 41.0 Å². The molecule has 0 bridgehead atoms. The van der Waals surface area contributed by atoms with E-state index in [0.717, 1.165) is 0 Å². The van der Waals surface area contributed by atoms with E-state index in [0.29, 0.717) is 22.0 Å². The lowest BCUT2D eigenvalue weighted by Crippen LogP contribution is -2.12. The zero-order valence-corrected chi connectivity index (χ0v) is 14.0. The van der Waals surface area contributed by atoms with Gasteiger partial charge in [-0.2, -0.15) is 0 Å². The fourth-order valence-electron chi connectivity index (χ4n) is 2.16. The van der Waals surface area contributed by atoms with Crippen LogP contribution in [0.15, 0.2) is 70.1 Å². The second-order valence-electron chi connectivity index (χ2n) is 5.18. The fourth-order valence-corrected chi connectivity index (χ4v) is 2.38. The number of hydrogen-bond donors (Lipinski definition) is 1. The lowest BCUT2D eigenvalue weighted by atomic mass is 10.2. The molecule has 0 aliphatic carbocycles. The van der Waals surface area contributed by atoms with Gasteiger partial charge in [-0.1, -0.05) is 29.8 Å². The van der Waals surface area contributed by atoms with Crippen LogP contribution in [0.25, 0.3) is 0 Å². The van der Waals surface area contributed by atoms with E-state index in [1.54, 1.807) is 48.5 Å². The summed E-state index contributed by atoms with van der Waals surface area (Å²) in [4.78, 5) is 26.4. The lowest BCUT2D eigenvalue weighted by molar-refractivity contribution is -0.402. The number of halogens is 1. The molecule has 8 heteroatoms. The van der Waals surface area contributed by atoms with Crippen LogP contribution in [0.1, 0.15) is 16.1 Å². The summed E-state index contributed by atoms with van der Waals surface area (Å²) < 4.78 is 5.00. The number of aliphatic imine (C=N–C) groups is 1. The first kappa shape index (κ1) is 17.4. The smallest absolute Gasteiger partial charge is 0.400 e. The number of amides is 1. The molecule has 0 unspecified atom stereocenters. The zero-order valence-electron chi connectivity index (χ0n) is 13.3. The van der Waals surface area contributed by atoms with Gasteiger partial charge in [-0.15, -0.1) is 0 Å². The first-order chi connectivity index (χ1) is 12.5. The van der Waals surface area contributed by atoms with E-state index in [1.165, 1.54) is 18.3 Å². The van der Waals surface area contributed by atoms with Gasteiger partial charge < -0.3 is 9.73 Å². The molecule has 3 rings (SSSR count). The van der Waals surface area contributed by atoms with Gasteiger partial charge in [0, 0.05) is 5.69 Å². The lowest BCUT2D eigenvalue weighted by Gasteiger charge is -2.07. The molecule has 1 heterocycles. The van der Waals surface area contributed by atoms with Gasteiger partial charge in [0.05, 0.1) is 28.6 Å². The predicted octanol–water partition coefficient (Wildman–Crippen LogP) is 4.84. The van der Waals surface area contributed by atoms with E-state index in [1.807, 2.05) is 0 Å². The minimum atomic E-state index is -0.623. The van der Waals surface area contributed by atoms with Crippen LogP contribution in [0.5, 0.6) is 0 Å². The highest BCUT2D eigenvalue weighted by atomic mass is 35.5.